The van der Waals surface area contributed by atoms with Crippen LogP contribution in [0, 0.1) is 0 Å². The van der Waals surface area contributed by atoms with Gasteiger partial charge in [-0.2, -0.15) is 0 Å². The van der Waals surface area contributed by atoms with Crippen LogP contribution in [0.4, 0.5) is 0 Å². The fraction of sp³-hybridized carbons (Fsp3) is 0.316. The van der Waals surface area contributed by atoms with Crippen molar-refractivity contribution in [1.29, 1.82) is 0 Å². The Morgan fingerprint density at radius 2 is 1.85 bits per heavy atom. The lowest BCUT2D eigenvalue weighted by Crippen LogP contribution is -2.43. The van der Waals surface area contributed by atoms with Gasteiger partial charge >= 0.3 is 5.97 Å². The zero-order valence-corrected chi connectivity index (χ0v) is 14.4. The Labute approximate surface area is 151 Å². The average molecular weight is 357 g/mol. The summed E-state index contributed by atoms with van der Waals surface area (Å²) in [6.07, 6.45) is 3.13. The predicted molar refractivity (Wildman–Crippen MR) is 98.0 cm³/mol. The number of nitrogens with zero attached hydrogens (tertiary/aromatic N) is 1. The molecular formula is C19H23N3O4. The molecule has 7 nitrogen and oxygen atoms in total. The Hall–Kier alpha value is -2.93. The predicted octanol–water partition coefficient (Wildman–Crippen LogP) is 1.21. The maximum atomic E-state index is 12.6. The number of benzene rings is 1. The van der Waals surface area contributed by atoms with Crippen molar-refractivity contribution < 1.29 is 14.7 Å². The largest absolute Gasteiger partial charge is 0.480 e. The van der Waals surface area contributed by atoms with E-state index in [1.807, 2.05) is 30.3 Å². The molecule has 26 heavy (non-hydrogen) atoms. The average Bonchev–Trinajstić information content (AvgIpc) is 2.63. The van der Waals surface area contributed by atoms with Gasteiger partial charge in [0.2, 0.25) is 0 Å². The highest BCUT2D eigenvalue weighted by Gasteiger charge is 2.22. The molecule has 0 saturated carbocycles. The first-order chi connectivity index (χ1) is 12.5. The Balaban J connectivity index is 2.14. The monoisotopic (exact) mass is 357 g/mol. The number of carboxylic acid groups (broad SMARTS) is 1. The van der Waals surface area contributed by atoms with E-state index in [1.54, 1.807) is 12.3 Å². The molecule has 1 atom stereocenters. The van der Waals surface area contributed by atoms with Crippen LogP contribution in [0.15, 0.2) is 53.5 Å². The van der Waals surface area contributed by atoms with Crippen molar-refractivity contribution in [2.75, 3.05) is 6.54 Å². The molecule has 0 aliphatic carbocycles. The van der Waals surface area contributed by atoms with Crippen molar-refractivity contribution in [3.63, 3.8) is 0 Å². The van der Waals surface area contributed by atoms with E-state index in [9.17, 15) is 19.5 Å². The molecule has 0 fully saturated rings. The van der Waals surface area contributed by atoms with Crippen molar-refractivity contribution in [2.45, 2.75) is 31.8 Å². The number of carboxylic acids is 1. The summed E-state index contributed by atoms with van der Waals surface area (Å²) in [4.78, 5) is 36.3. The van der Waals surface area contributed by atoms with Gasteiger partial charge < -0.3 is 20.7 Å². The molecule has 138 valence electrons. The van der Waals surface area contributed by atoms with Crippen molar-refractivity contribution in [3.05, 3.63) is 70.1 Å². The summed E-state index contributed by atoms with van der Waals surface area (Å²) < 4.78 is 1.43. The minimum absolute atomic E-state index is 0.0755. The fourth-order valence-electron chi connectivity index (χ4n) is 2.60. The second-order valence-corrected chi connectivity index (χ2v) is 5.99. The Bertz CT molecular complexity index is 802. The van der Waals surface area contributed by atoms with Gasteiger partial charge in [0, 0.05) is 6.20 Å². The van der Waals surface area contributed by atoms with Gasteiger partial charge in [0.05, 0.1) is 6.54 Å². The van der Waals surface area contributed by atoms with Gasteiger partial charge in [0.25, 0.3) is 11.5 Å². The number of nitrogens with two attached hydrogens (primary N) is 1. The number of nitrogens with one attached hydrogen (secondary N) is 1. The summed E-state index contributed by atoms with van der Waals surface area (Å²) in [5.74, 6) is -1.81. The molecule has 0 saturated heterocycles. The fourth-order valence-corrected chi connectivity index (χ4v) is 2.60. The third kappa shape index (κ3) is 5.29. The number of amides is 1. The molecule has 2 aromatic rings. The number of carbonyl (C=O) groups is 2. The first-order valence-electron chi connectivity index (χ1n) is 8.50. The highest BCUT2D eigenvalue weighted by molar-refractivity contribution is 5.96. The second kappa shape index (κ2) is 9.53. The topological polar surface area (TPSA) is 114 Å². The summed E-state index contributed by atoms with van der Waals surface area (Å²) >= 11 is 0. The zero-order valence-electron chi connectivity index (χ0n) is 14.4. The summed E-state index contributed by atoms with van der Waals surface area (Å²) in [5.41, 5.74) is 5.80. The molecule has 0 aliphatic heterocycles. The Morgan fingerprint density at radius 3 is 2.50 bits per heavy atom. The zero-order chi connectivity index (χ0) is 18.9. The number of aromatic nitrogens is 1. The van der Waals surface area contributed by atoms with Crippen LogP contribution in [0.3, 0.4) is 0 Å². The summed E-state index contributed by atoms with van der Waals surface area (Å²) in [6, 6.07) is 11.4. The van der Waals surface area contributed by atoms with Crippen LogP contribution in [0.5, 0.6) is 0 Å². The first-order valence-corrected chi connectivity index (χ1v) is 8.50. The Kier molecular flexibility index (Phi) is 7.11. The Morgan fingerprint density at radius 1 is 1.12 bits per heavy atom. The summed E-state index contributed by atoms with van der Waals surface area (Å²) in [5, 5.41) is 11.7. The van der Waals surface area contributed by atoms with Crippen molar-refractivity contribution >= 4 is 11.9 Å². The molecule has 2 rings (SSSR count). The number of carbonyl (C=O) groups excluding carboxylic acids is 1. The maximum Gasteiger partial charge on any atom is 0.326 e. The second-order valence-electron chi connectivity index (χ2n) is 5.99. The number of rotatable bonds is 9. The third-order valence-corrected chi connectivity index (χ3v) is 4.01. The van der Waals surface area contributed by atoms with Gasteiger partial charge in [-0.05, 0) is 43.5 Å². The highest BCUT2D eigenvalue weighted by atomic mass is 16.4. The molecule has 0 aliphatic rings. The lowest BCUT2D eigenvalue weighted by Gasteiger charge is -2.15. The highest BCUT2D eigenvalue weighted by Crippen LogP contribution is 2.04. The lowest BCUT2D eigenvalue weighted by atomic mass is 10.1. The van der Waals surface area contributed by atoms with E-state index in [2.05, 4.69) is 5.32 Å². The summed E-state index contributed by atoms with van der Waals surface area (Å²) in [7, 11) is 0. The van der Waals surface area contributed by atoms with Crippen LogP contribution in [0.1, 0.15) is 35.2 Å². The first kappa shape index (κ1) is 19.4. The number of unbranched alkanes of at least 4 members (excludes halogenated alkanes) is 1. The van der Waals surface area contributed by atoms with E-state index in [-0.39, 0.29) is 12.0 Å². The maximum absolute atomic E-state index is 12.6. The van der Waals surface area contributed by atoms with Crippen LogP contribution < -0.4 is 16.6 Å². The minimum Gasteiger partial charge on any atom is -0.480 e. The summed E-state index contributed by atoms with van der Waals surface area (Å²) in [6.45, 7) is 0.794. The molecule has 0 unspecified atom stereocenters. The molecule has 1 aromatic heterocycles. The van der Waals surface area contributed by atoms with E-state index >= 15 is 0 Å². The van der Waals surface area contributed by atoms with Crippen LogP contribution in [-0.4, -0.2) is 34.1 Å². The van der Waals surface area contributed by atoms with Crippen molar-refractivity contribution in [1.82, 2.24) is 9.88 Å². The number of pyridine rings is 1. The molecule has 4 N–H and O–H groups in total. The number of hydrogen-bond donors (Lipinski definition) is 3. The van der Waals surface area contributed by atoms with Gasteiger partial charge in [0.15, 0.2) is 0 Å². The molecule has 0 bridgehead atoms. The van der Waals surface area contributed by atoms with Gasteiger partial charge in [-0.1, -0.05) is 30.3 Å². The number of hydrogen-bond acceptors (Lipinski definition) is 4. The minimum atomic E-state index is -1.13. The number of aliphatic carboxylic acids is 1. The van der Waals surface area contributed by atoms with Crippen LogP contribution in [0.2, 0.25) is 0 Å². The van der Waals surface area contributed by atoms with Gasteiger partial charge in [-0.3, -0.25) is 9.59 Å². The van der Waals surface area contributed by atoms with E-state index in [0.717, 1.165) is 5.56 Å². The van der Waals surface area contributed by atoms with Gasteiger partial charge in [-0.15, -0.1) is 0 Å². The molecular weight excluding hydrogens is 334 g/mol. The smallest absolute Gasteiger partial charge is 0.326 e. The van der Waals surface area contributed by atoms with Crippen molar-refractivity contribution in [2.24, 2.45) is 5.73 Å². The quantitative estimate of drug-likeness (QED) is 0.584. The molecule has 7 heteroatoms. The molecule has 0 spiro atoms. The molecule has 1 heterocycles. The van der Waals surface area contributed by atoms with Crippen molar-refractivity contribution in [3.8, 4) is 0 Å². The van der Waals surface area contributed by atoms with Crippen LogP contribution >= 0.6 is 0 Å². The third-order valence-electron chi connectivity index (χ3n) is 4.01. The van der Waals surface area contributed by atoms with Gasteiger partial charge in [-0.25, -0.2) is 4.79 Å². The van der Waals surface area contributed by atoms with Crippen LogP contribution in [0.25, 0.3) is 0 Å². The van der Waals surface area contributed by atoms with Crippen LogP contribution in [-0.2, 0) is 11.3 Å². The van der Waals surface area contributed by atoms with E-state index in [0.29, 0.717) is 25.9 Å². The molecule has 0 radical (unpaired) electrons. The lowest BCUT2D eigenvalue weighted by molar-refractivity contribution is -0.139. The molecule has 1 aromatic carbocycles. The SMILES string of the molecule is NCCCC[C@H](NC(=O)c1cccn(Cc2ccccc2)c1=O)C(=O)O. The van der Waals surface area contributed by atoms with E-state index < -0.39 is 23.5 Å². The van der Waals surface area contributed by atoms with E-state index in [1.165, 1.54) is 10.6 Å². The van der Waals surface area contributed by atoms with Gasteiger partial charge in [0.1, 0.15) is 11.6 Å². The standard InChI is InChI=1S/C19H23N3O4/c20-11-5-4-10-16(19(25)26)21-17(23)15-9-6-12-22(18(15)24)13-14-7-2-1-3-8-14/h1-3,6-9,12,16H,4-5,10-11,13,20H2,(H,21,23)(H,25,26)/t16-/m0/s1. The normalized spacial score (nSPS) is 11.7. The molecule has 1 amide bonds. The van der Waals surface area contributed by atoms with E-state index in [4.69, 9.17) is 5.73 Å².